The zero-order valence-corrected chi connectivity index (χ0v) is 14.6. The van der Waals surface area contributed by atoms with Crippen molar-refractivity contribution in [2.45, 2.75) is 0 Å². The number of rotatable bonds is 5. The Morgan fingerprint density at radius 3 is 2.38 bits per heavy atom. The van der Waals surface area contributed by atoms with E-state index in [1.807, 2.05) is 0 Å². The number of H-pyrrole nitrogens is 1. The second kappa shape index (κ2) is 7.18. The number of carbonyl (C=O) groups excluding carboxylic acids is 2. The van der Waals surface area contributed by atoms with Gasteiger partial charge in [-0.15, -0.1) is 0 Å². The zero-order valence-electron chi connectivity index (χ0n) is 14.6. The van der Waals surface area contributed by atoms with Crippen LogP contribution in [0.1, 0.15) is 20.8 Å². The fraction of sp³-hybridized carbons (Fsp3) is 0.158. The van der Waals surface area contributed by atoms with E-state index in [-0.39, 0.29) is 11.6 Å². The number of hydrogen-bond donors (Lipinski definition) is 2. The van der Waals surface area contributed by atoms with Gasteiger partial charge in [0.1, 0.15) is 17.2 Å². The van der Waals surface area contributed by atoms with E-state index in [4.69, 9.17) is 14.2 Å². The van der Waals surface area contributed by atoms with Crippen LogP contribution in [0.3, 0.4) is 0 Å². The zero-order chi connectivity index (χ0) is 18.7. The van der Waals surface area contributed by atoms with Gasteiger partial charge in [0.25, 0.3) is 5.91 Å². The van der Waals surface area contributed by atoms with Crippen molar-refractivity contribution in [1.82, 2.24) is 4.98 Å². The standard InChI is InChI=1S/C19H18N2O5/c1-24-12-6-4-5-11(9-12)18(22)21-16-14-8-7-13(25-2)10-15(14)20-17(16)19(23)26-3/h4-10,20H,1-3H3,(H,21,22). The van der Waals surface area contributed by atoms with Crippen LogP contribution in [0, 0.1) is 0 Å². The minimum atomic E-state index is -0.582. The minimum absolute atomic E-state index is 0.159. The number of methoxy groups -OCH3 is 3. The van der Waals surface area contributed by atoms with Crippen LogP contribution in [-0.2, 0) is 4.74 Å². The van der Waals surface area contributed by atoms with Gasteiger partial charge in [-0.1, -0.05) is 6.07 Å². The minimum Gasteiger partial charge on any atom is -0.497 e. The second-order valence-electron chi connectivity index (χ2n) is 5.46. The number of aromatic amines is 1. The van der Waals surface area contributed by atoms with Gasteiger partial charge in [0.15, 0.2) is 0 Å². The van der Waals surface area contributed by atoms with Gasteiger partial charge in [-0.3, -0.25) is 4.79 Å². The van der Waals surface area contributed by atoms with Gasteiger partial charge in [-0.05, 0) is 30.3 Å². The summed E-state index contributed by atoms with van der Waals surface area (Å²) in [5.74, 6) is 0.238. The molecule has 1 amide bonds. The Bertz CT molecular complexity index is 977. The molecule has 2 N–H and O–H groups in total. The summed E-state index contributed by atoms with van der Waals surface area (Å²) in [6, 6.07) is 12.0. The highest BCUT2D eigenvalue weighted by molar-refractivity contribution is 6.14. The molecule has 1 heterocycles. The van der Waals surface area contributed by atoms with E-state index in [9.17, 15) is 9.59 Å². The summed E-state index contributed by atoms with van der Waals surface area (Å²) in [6.45, 7) is 0. The maximum Gasteiger partial charge on any atom is 0.356 e. The maximum absolute atomic E-state index is 12.7. The predicted octanol–water partition coefficient (Wildman–Crippen LogP) is 3.22. The molecule has 0 radical (unpaired) electrons. The van der Waals surface area contributed by atoms with Crippen LogP contribution < -0.4 is 14.8 Å². The Labute approximate surface area is 149 Å². The molecular formula is C19H18N2O5. The van der Waals surface area contributed by atoms with Gasteiger partial charge >= 0.3 is 5.97 Å². The highest BCUT2D eigenvalue weighted by Crippen LogP contribution is 2.31. The number of esters is 1. The molecule has 0 saturated carbocycles. The Hall–Kier alpha value is -3.48. The molecule has 26 heavy (non-hydrogen) atoms. The number of fused-ring (bicyclic) bond motifs is 1. The average Bonchev–Trinajstić information content (AvgIpc) is 3.04. The summed E-state index contributed by atoms with van der Waals surface area (Å²) in [5, 5.41) is 3.46. The molecule has 1 aromatic heterocycles. The lowest BCUT2D eigenvalue weighted by Gasteiger charge is -2.08. The molecule has 0 atom stereocenters. The molecule has 0 aliphatic rings. The van der Waals surface area contributed by atoms with Crippen molar-refractivity contribution in [3.63, 3.8) is 0 Å². The van der Waals surface area contributed by atoms with E-state index in [2.05, 4.69) is 10.3 Å². The lowest BCUT2D eigenvalue weighted by Crippen LogP contribution is -2.15. The van der Waals surface area contributed by atoms with Crippen molar-refractivity contribution < 1.29 is 23.8 Å². The number of anilines is 1. The number of hydrogen-bond acceptors (Lipinski definition) is 5. The van der Waals surface area contributed by atoms with Crippen LogP contribution in [0.15, 0.2) is 42.5 Å². The third-order valence-electron chi connectivity index (χ3n) is 3.97. The van der Waals surface area contributed by atoms with Crippen molar-refractivity contribution in [1.29, 1.82) is 0 Å². The highest BCUT2D eigenvalue weighted by atomic mass is 16.5. The van der Waals surface area contributed by atoms with Crippen LogP contribution in [0.4, 0.5) is 5.69 Å². The van der Waals surface area contributed by atoms with E-state index < -0.39 is 5.97 Å². The quantitative estimate of drug-likeness (QED) is 0.687. The van der Waals surface area contributed by atoms with E-state index in [0.29, 0.717) is 33.7 Å². The first kappa shape index (κ1) is 17.3. The Kier molecular flexibility index (Phi) is 4.79. The molecule has 0 bridgehead atoms. The maximum atomic E-state index is 12.7. The number of aromatic nitrogens is 1. The summed E-state index contributed by atoms with van der Waals surface area (Å²) in [7, 11) is 4.36. The molecule has 134 valence electrons. The molecule has 0 saturated heterocycles. The topological polar surface area (TPSA) is 89.7 Å². The summed E-state index contributed by atoms with van der Waals surface area (Å²) in [5.41, 5.74) is 1.56. The number of nitrogens with one attached hydrogen (secondary N) is 2. The molecule has 0 aliphatic heterocycles. The van der Waals surface area contributed by atoms with Crippen LogP contribution >= 0.6 is 0 Å². The van der Waals surface area contributed by atoms with Gasteiger partial charge < -0.3 is 24.5 Å². The van der Waals surface area contributed by atoms with E-state index in [1.54, 1.807) is 49.6 Å². The molecule has 0 spiro atoms. The van der Waals surface area contributed by atoms with Gasteiger partial charge in [-0.2, -0.15) is 0 Å². The molecular weight excluding hydrogens is 336 g/mol. The smallest absolute Gasteiger partial charge is 0.356 e. The molecule has 0 fully saturated rings. The first-order chi connectivity index (χ1) is 12.6. The van der Waals surface area contributed by atoms with Crippen molar-refractivity contribution in [2.75, 3.05) is 26.6 Å². The van der Waals surface area contributed by atoms with Gasteiger partial charge in [0.05, 0.1) is 32.5 Å². The van der Waals surface area contributed by atoms with Crippen LogP contribution in [0.25, 0.3) is 10.9 Å². The summed E-state index contributed by atoms with van der Waals surface area (Å²) < 4.78 is 15.2. The molecule has 3 rings (SSSR count). The fourth-order valence-electron chi connectivity index (χ4n) is 2.64. The second-order valence-corrected chi connectivity index (χ2v) is 5.46. The van der Waals surface area contributed by atoms with Crippen molar-refractivity contribution >= 4 is 28.5 Å². The Balaban J connectivity index is 2.04. The lowest BCUT2D eigenvalue weighted by atomic mass is 10.1. The average molecular weight is 354 g/mol. The Morgan fingerprint density at radius 2 is 1.69 bits per heavy atom. The first-order valence-electron chi connectivity index (χ1n) is 7.80. The summed E-state index contributed by atoms with van der Waals surface area (Å²) in [4.78, 5) is 27.7. The van der Waals surface area contributed by atoms with Crippen LogP contribution in [0.2, 0.25) is 0 Å². The molecule has 0 aliphatic carbocycles. The van der Waals surface area contributed by atoms with E-state index in [1.165, 1.54) is 14.2 Å². The SMILES string of the molecule is COC(=O)c1[nH]c2cc(OC)ccc2c1NC(=O)c1cccc(OC)c1. The normalized spacial score (nSPS) is 10.4. The van der Waals surface area contributed by atoms with Crippen molar-refractivity contribution in [3.8, 4) is 11.5 Å². The third kappa shape index (κ3) is 3.19. The fourth-order valence-corrected chi connectivity index (χ4v) is 2.64. The lowest BCUT2D eigenvalue weighted by molar-refractivity contribution is 0.0596. The monoisotopic (exact) mass is 354 g/mol. The number of amides is 1. The number of benzene rings is 2. The van der Waals surface area contributed by atoms with Gasteiger partial charge in [0, 0.05) is 17.0 Å². The third-order valence-corrected chi connectivity index (χ3v) is 3.97. The van der Waals surface area contributed by atoms with E-state index in [0.717, 1.165) is 0 Å². The predicted molar refractivity (Wildman–Crippen MR) is 97.1 cm³/mol. The highest BCUT2D eigenvalue weighted by Gasteiger charge is 2.21. The largest absolute Gasteiger partial charge is 0.497 e. The molecule has 3 aromatic rings. The van der Waals surface area contributed by atoms with E-state index >= 15 is 0 Å². The van der Waals surface area contributed by atoms with Crippen LogP contribution in [0.5, 0.6) is 11.5 Å². The number of carbonyl (C=O) groups is 2. The summed E-state index contributed by atoms with van der Waals surface area (Å²) in [6.07, 6.45) is 0. The Morgan fingerprint density at radius 1 is 0.962 bits per heavy atom. The van der Waals surface area contributed by atoms with Gasteiger partial charge in [0.2, 0.25) is 0 Å². The molecule has 2 aromatic carbocycles. The van der Waals surface area contributed by atoms with Crippen molar-refractivity contribution in [2.24, 2.45) is 0 Å². The first-order valence-corrected chi connectivity index (χ1v) is 7.80. The molecule has 0 unspecified atom stereocenters. The van der Waals surface area contributed by atoms with Crippen molar-refractivity contribution in [3.05, 3.63) is 53.7 Å². The summed E-state index contributed by atoms with van der Waals surface area (Å²) >= 11 is 0. The molecule has 7 heteroatoms. The van der Waals surface area contributed by atoms with Gasteiger partial charge in [-0.25, -0.2) is 4.79 Å². The molecule has 7 nitrogen and oxygen atoms in total. The number of ether oxygens (including phenoxy) is 3. The van der Waals surface area contributed by atoms with Crippen LogP contribution in [-0.4, -0.2) is 38.2 Å².